The van der Waals surface area contributed by atoms with Crippen molar-refractivity contribution in [3.63, 3.8) is 0 Å². The molecule has 5 nitrogen and oxygen atoms in total. The van der Waals surface area contributed by atoms with Gasteiger partial charge in [0.2, 0.25) is 5.91 Å². The summed E-state index contributed by atoms with van der Waals surface area (Å²) >= 11 is 0. The van der Waals surface area contributed by atoms with Gasteiger partial charge in [0.15, 0.2) is 0 Å². The van der Waals surface area contributed by atoms with Gasteiger partial charge < -0.3 is 15.2 Å². The lowest BCUT2D eigenvalue weighted by molar-refractivity contribution is -0.138. The van der Waals surface area contributed by atoms with Crippen molar-refractivity contribution in [3.05, 3.63) is 29.8 Å². The van der Waals surface area contributed by atoms with Gasteiger partial charge in [-0.05, 0) is 49.3 Å². The molecule has 4 rings (SSSR count). The highest BCUT2D eigenvalue weighted by Gasteiger charge is 2.45. The average molecular weight is 301 g/mol. The van der Waals surface area contributed by atoms with Crippen LogP contribution >= 0.6 is 0 Å². The molecule has 116 valence electrons. The van der Waals surface area contributed by atoms with Crippen LogP contribution in [0.1, 0.15) is 37.2 Å². The van der Waals surface area contributed by atoms with Crippen LogP contribution in [0, 0.1) is 11.8 Å². The second-order valence-corrected chi connectivity index (χ2v) is 6.61. The SMILES string of the molecule is O=C(Nc1ccc([C@@H]2C[C@H]2C(=O)O)cc1)C1CC2CCC1O2. The van der Waals surface area contributed by atoms with Gasteiger partial charge in [0.1, 0.15) is 0 Å². The lowest BCUT2D eigenvalue weighted by Crippen LogP contribution is -2.30. The Hall–Kier alpha value is -1.88. The molecule has 2 bridgehead atoms. The number of carbonyl (C=O) groups is 2. The molecule has 5 atom stereocenters. The van der Waals surface area contributed by atoms with E-state index in [1.54, 1.807) is 0 Å². The highest BCUT2D eigenvalue weighted by molar-refractivity contribution is 5.93. The maximum absolute atomic E-state index is 12.3. The van der Waals surface area contributed by atoms with E-state index in [1.165, 1.54) is 0 Å². The molecule has 1 aliphatic carbocycles. The maximum atomic E-state index is 12.3. The van der Waals surface area contributed by atoms with Crippen molar-refractivity contribution >= 4 is 17.6 Å². The van der Waals surface area contributed by atoms with Gasteiger partial charge in [-0.25, -0.2) is 0 Å². The molecule has 2 aliphatic heterocycles. The molecular weight excluding hydrogens is 282 g/mol. The van der Waals surface area contributed by atoms with E-state index in [2.05, 4.69) is 5.32 Å². The molecule has 1 amide bonds. The molecule has 3 fully saturated rings. The smallest absolute Gasteiger partial charge is 0.307 e. The zero-order chi connectivity index (χ0) is 15.3. The number of ether oxygens (including phenoxy) is 1. The number of carbonyl (C=O) groups excluding carboxylic acids is 1. The molecule has 1 aromatic carbocycles. The van der Waals surface area contributed by atoms with Gasteiger partial charge in [-0.1, -0.05) is 12.1 Å². The highest BCUT2D eigenvalue weighted by atomic mass is 16.5. The normalized spacial score (nSPS) is 35.4. The zero-order valence-corrected chi connectivity index (χ0v) is 12.2. The summed E-state index contributed by atoms with van der Waals surface area (Å²) in [5.41, 5.74) is 1.80. The Morgan fingerprint density at radius 1 is 1.09 bits per heavy atom. The van der Waals surface area contributed by atoms with E-state index in [-0.39, 0.29) is 35.9 Å². The number of rotatable bonds is 4. The topological polar surface area (TPSA) is 75.6 Å². The Balaban J connectivity index is 1.37. The van der Waals surface area contributed by atoms with Crippen molar-refractivity contribution in [2.75, 3.05) is 5.32 Å². The second-order valence-electron chi connectivity index (χ2n) is 6.61. The molecule has 0 radical (unpaired) electrons. The molecule has 5 heteroatoms. The van der Waals surface area contributed by atoms with Crippen molar-refractivity contribution in [1.82, 2.24) is 0 Å². The van der Waals surface area contributed by atoms with Crippen LogP contribution in [0.15, 0.2) is 24.3 Å². The summed E-state index contributed by atoms with van der Waals surface area (Å²) in [6, 6.07) is 7.55. The minimum Gasteiger partial charge on any atom is -0.481 e. The van der Waals surface area contributed by atoms with E-state index in [4.69, 9.17) is 9.84 Å². The lowest BCUT2D eigenvalue weighted by Gasteiger charge is -2.18. The first kappa shape index (κ1) is 13.8. The number of fused-ring (bicyclic) bond motifs is 2. The molecular formula is C17H19NO4. The van der Waals surface area contributed by atoms with Crippen LogP contribution in [-0.4, -0.2) is 29.2 Å². The van der Waals surface area contributed by atoms with Gasteiger partial charge >= 0.3 is 5.97 Å². The second kappa shape index (κ2) is 5.09. The number of carboxylic acids is 1. The molecule has 1 aromatic rings. The monoisotopic (exact) mass is 301 g/mol. The molecule has 1 saturated carbocycles. The van der Waals surface area contributed by atoms with Gasteiger partial charge in [0, 0.05) is 5.69 Å². The molecule has 2 heterocycles. The van der Waals surface area contributed by atoms with E-state index in [0.29, 0.717) is 6.42 Å². The fourth-order valence-corrected chi connectivity index (χ4v) is 3.80. The van der Waals surface area contributed by atoms with Crippen LogP contribution in [0.5, 0.6) is 0 Å². The largest absolute Gasteiger partial charge is 0.481 e. The number of aliphatic carboxylic acids is 1. The quantitative estimate of drug-likeness (QED) is 0.895. The molecule has 3 unspecified atom stereocenters. The number of hydrogen-bond acceptors (Lipinski definition) is 3. The number of anilines is 1. The van der Waals surface area contributed by atoms with Crippen LogP contribution in [0.3, 0.4) is 0 Å². The number of carboxylic acid groups (broad SMARTS) is 1. The summed E-state index contributed by atoms with van der Waals surface area (Å²) < 4.78 is 5.72. The number of amides is 1. The van der Waals surface area contributed by atoms with Gasteiger partial charge in [-0.15, -0.1) is 0 Å². The standard InChI is InChI=1S/C17H19NO4/c19-16(14-7-11-5-6-15(14)22-11)18-10-3-1-9(2-4-10)12-8-13(12)17(20)21/h1-4,11-15H,5-8H2,(H,18,19)(H,20,21)/t11?,12-,13+,14?,15?/m0/s1. The first-order valence-corrected chi connectivity index (χ1v) is 7.91. The third kappa shape index (κ3) is 2.39. The van der Waals surface area contributed by atoms with Crippen LogP contribution in [0.2, 0.25) is 0 Å². The van der Waals surface area contributed by atoms with Crippen molar-refractivity contribution in [3.8, 4) is 0 Å². The summed E-state index contributed by atoms with van der Waals surface area (Å²) in [4.78, 5) is 23.2. The predicted octanol–water partition coefficient (Wildman–Crippen LogP) is 2.38. The third-order valence-electron chi connectivity index (χ3n) is 5.16. The van der Waals surface area contributed by atoms with Crippen molar-refractivity contribution in [2.45, 2.75) is 43.8 Å². The Morgan fingerprint density at radius 2 is 1.86 bits per heavy atom. The Kier molecular flexibility index (Phi) is 3.18. The maximum Gasteiger partial charge on any atom is 0.307 e. The minimum absolute atomic E-state index is 0.0294. The number of nitrogens with one attached hydrogen (secondary N) is 1. The summed E-state index contributed by atoms with van der Waals surface area (Å²) in [5.74, 6) is -0.834. The van der Waals surface area contributed by atoms with Crippen LogP contribution < -0.4 is 5.32 Å². The van der Waals surface area contributed by atoms with E-state index in [9.17, 15) is 9.59 Å². The van der Waals surface area contributed by atoms with Crippen molar-refractivity contribution < 1.29 is 19.4 Å². The van der Waals surface area contributed by atoms with Gasteiger partial charge in [-0.2, -0.15) is 0 Å². The molecule has 22 heavy (non-hydrogen) atoms. The van der Waals surface area contributed by atoms with Crippen molar-refractivity contribution in [1.29, 1.82) is 0 Å². The molecule has 2 N–H and O–H groups in total. The van der Waals surface area contributed by atoms with E-state index in [1.807, 2.05) is 24.3 Å². The fraction of sp³-hybridized carbons (Fsp3) is 0.529. The van der Waals surface area contributed by atoms with Crippen molar-refractivity contribution in [2.24, 2.45) is 11.8 Å². The molecule has 0 spiro atoms. The van der Waals surface area contributed by atoms with Crippen LogP contribution in [-0.2, 0) is 14.3 Å². The summed E-state index contributed by atoms with van der Waals surface area (Å²) in [6.45, 7) is 0. The Labute approximate surface area is 128 Å². The van der Waals surface area contributed by atoms with Crippen LogP contribution in [0.4, 0.5) is 5.69 Å². The van der Waals surface area contributed by atoms with Gasteiger partial charge in [0.05, 0.1) is 24.0 Å². The van der Waals surface area contributed by atoms with E-state index in [0.717, 1.165) is 30.5 Å². The fourth-order valence-electron chi connectivity index (χ4n) is 3.80. The van der Waals surface area contributed by atoms with E-state index < -0.39 is 5.97 Å². The first-order chi connectivity index (χ1) is 10.6. The summed E-state index contributed by atoms with van der Waals surface area (Å²) in [5, 5.41) is 11.9. The average Bonchev–Trinajstić information content (AvgIpc) is 3.04. The van der Waals surface area contributed by atoms with Gasteiger partial charge in [0.25, 0.3) is 0 Å². The van der Waals surface area contributed by atoms with Crippen LogP contribution in [0.25, 0.3) is 0 Å². The molecule has 2 saturated heterocycles. The predicted molar refractivity (Wildman–Crippen MR) is 79.6 cm³/mol. The third-order valence-corrected chi connectivity index (χ3v) is 5.16. The first-order valence-electron chi connectivity index (χ1n) is 7.91. The highest BCUT2D eigenvalue weighted by Crippen LogP contribution is 2.47. The lowest BCUT2D eigenvalue weighted by atomic mass is 9.88. The Morgan fingerprint density at radius 3 is 2.41 bits per heavy atom. The number of hydrogen-bond donors (Lipinski definition) is 2. The summed E-state index contributed by atoms with van der Waals surface area (Å²) in [7, 11) is 0. The van der Waals surface area contributed by atoms with E-state index >= 15 is 0 Å². The van der Waals surface area contributed by atoms with Gasteiger partial charge in [-0.3, -0.25) is 9.59 Å². The molecule has 3 aliphatic rings. The summed E-state index contributed by atoms with van der Waals surface area (Å²) in [6.07, 6.45) is 3.97. The number of benzene rings is 1. The zero-order valence-electron chi connectivity index (χ0n) is 12.2. The minimum atomic E-state index is -0.723. The molecule has 0 aromatic heterocycles. The Bertz CT molecular complexity index is 612.